The number of ether oxygens (including phenoxy) is 1. The SMILES string of the molecule is CC(C)C.CCNCCN1CCOCC1.CN(C)C=O. The van der Waals surface area contributed by atoms with Crippen LogP contribution in [-0.4, -0.2) is 76.2 Å². The Hall–Kier alpha value is -0.650. The molecule has 0 aliphatic carbocycles. The summed E-state index contributed by atoms with van der Waals surface area (Å²) < 4.78 is 5.24. The van der Waals surface area contributed by atoms with Crippen LogP contribution in [0, 0.1) is 5.92 Å². The summed E-state index contributed by atoms with van der Waals surface area (Å²) in [6.45, 7) is 16.0. The largest absolute Gasteiger partial charge is 0.379 e. The number of hydrogen-bond donors (Lipinski definition) is 1. The van der Waals surface area contributed by atoms with Gasteiger partial charge in [0, 0.05) is 40.3 Å². The van der Waals surface area contributed by atoms with Crippen LogP contribution in [0.25, 0.3) is 0 Å². The molecule has 0 aromatic rings. The summed E-state index contributed by atoms with van der Waals surface area (Å²) in [5.74, 6) is 0.833. The highest BCUT2D eigenvalue weighted by Gasteiger charge is 2.08. The lowest BCUT2D eigenvalue weighted by Gasteiger charge is -2.26. The molecule has 20 heavy (non-hydrogen) atoms. The van der Waals surface area contributed by atoms with Crippen molar-refractivity contribution in [1.29, 1.82) is 0 Å². The normalized spacial score (nSPS) is 14.8. The van der Waals surface area contributed by atoms with Crippen molar-refractivity contribution in [2.45, 2.75) is 27.7 Å². The Morgan fingerprint density at radius 1 is 1.25 bits per heavy atom. The maximum absolute atomic E-state index is 9.43. The summed E-state index contributed by atoms with van der Waals surface area (Å²) >= 11 is 0. The quantitative estimate of drug-likeness (QED) is 0.612. The monoisotopic (exact) mass is 289 g/mol. The minimum absolute atomic E-state index is 0.750. The molecule has 0 radical (unpaired) electrons. The molecule has 122 valence electrons. The predicted molar refractivity (Wildman–Crippen MR) is 86.1 cm³/mol. The van der Waals surface area contributed by atoms with E-state index >= 15 is 0 Å². The van der Waals surface area contributed by atoms with Gasteiger partial charge >= 0.3 is 0 Å². The highest BCUT2D eigenvalue weighted by atomic mass is 16.5. The lowest BCUT2D eigenvalue weighted by Crippen LogP contribution is -2.40. The molecule has 1 saturated heterocycles. The number of carbonyl (C=O) groups excluding carboxylic acids is 1. The first-order valence-corrected chi connectivity index (χ1v) is 7.56. The van der Waals surface area contributed by atoms with E-state index in [-0.39, 0.29) is 0 Å². The van der Waals surface area contributed by atoms with E-state index in [0.717, 1.165) is 58.3 Å². The second-order valence-corrected chi connectivity index (χ2v) is 5.61. The van der Waals surface area contributed by atoms with Gasteiger partial charge < -0.3 is 15.0 Å². The molecule has 0 bridgehead atoms. The summed E-state index contributed by atoms with van der Waals surface area (Å²) in [6.07, 6.45) is 0.750. The highest BCUT2D eigenvalue weighted by molar-refractivity contribution is 5.45. The predicted octanol–water partition coefficient (Wildman–Crippen LogP) is 1.29. The topological polar surface area (TPSA) is 44.8 Å². The second-order valence-electron chi connectivity index (χ2n) is 5.61. The summed E-state index contributed by atoms with van der Waals surface area (Å²) in [7, 11) is 3.38. The first-order valence-electron chi connectivity index (χ1n) is 7.56. The summed E-state index contributed by atoms with van der Waals surface area (Å²) in [5.41, 5.74) is 0. The first kappa shape index (κ1) is 21.6. The molecule has 0 aromatic carbocycles. The molecule has 1 heterocycles. The number of morpholine rings is 1. The van der Waals surface area contributed by atoms with Crippen molar-refractivity contribution in [1.82, 2.24) is 15.1 Å². The summed E-state index contributed by atoms with van der Waals surface area (Å²) in [6, 6.07) is 0. The second kappa shape index (κ2) is 16.4. The van der Waals surface area contributed by atoms with Gasteiger partial charge in [0.1, 0.15) is 0 Å². The minimum Gasteiger partial charge on any atom is -0.379 e. The molecular formula is C15H35N3O2. The van der Waals surface area contributed by atoms with Crippen LogP contribution in [0.3, 0.4) is 0 Å². The fourth-order valence-corrected chi connectivity index (χ4v) is 1.24. The molecule has 5 heteroatoms. The van der Waals surface area contributed by atoms with E-state index in [1.807, 2.05) is 0 Å². The number of carbonyl (C=O) groups is 1. The van der Waals surface area contributed by atoms with Gasteiger partial charge in [-0.2, -0.15) is 0 Å². The Labute approximate surface area is 125 Å². The van der Waals surface area contributed by atoms with Crippen molar-refractivity contribution in [2.75, 3.05) is 60.0 Å². The van der Waals surface area contributed by atoms with Crippen molar-refractivity contribution in [2.24, 2.45) is 5.92 Å². The van der Waals surface area contributed by atoms with Crippen LogP contribution in [-0.2, 0) is 9.53 Å². The fraction of sp³-hybridized carbons (Fsp3) is 0.933. The molecule has 0 atom stereocenters. The molecule has 0 saturated carbocycles. The lowest BCUT2D eigenvalue weighted by molar-refractivity contribution is -0.115. The van der Waals surface area contributed by atoms with Gasteiger partial charge in [0.15, 0.2) is 0 Å². The van der Waals surface area contributed by atoms with E-state index in [1.54, 1.807) is 14.1 Å². The average Bonchev–Trinajstić information content (AvgIpc) is 2.40. The van der Waals surface area contributed by atoms with Crippen LogP contribution in [0.4, 0.5) is 0 Å². The Balaban J connectivity index is 0. The van der Waals surface area contributed by atoms with Crippen LogP contribution in [0.15, 0.2) is 0 Å². The molecule has 1 aliphatic rings. The van der Waals surface area contributed by atoms with Crippen molar-refractivity contribution < 1.29 is 9.53 Å². The van der Waals surface area contributed by atoms with Gasteiger partial charge in [-0.1, -0.05) is 27.7 Å². The highest BCUT2D eigenvalue weighted by Crippen LogP contribution is 1.94. The van der Waals surface area contributed by atoms with Crippen LogP contribution in [0.5, 0.6) is 0 Å². The Kier molecular flexibility index (Phi) is 17.8. The molecular weight excluding hydrogens is 254 g/mol. The number of likely N-dealkylation sites (N-methyl/N-ethyl adjacent to an activating group) is 1. The van der Waals surface area contributed by atoms with Gasteiger partial charge in [-0.3, -0.25) is 9.69 Å². The molecule has 1 N–H and O–H groups in total. The van der Waals surface area contributed by atoms with Gasteiger partial charge in [0.05, 0.1) is 13.2 Å². The molecule has 1 aliphatic heterocycles. The van der Waals surface area contributed by atoms with E-state index in [9.17, 15) is 4.79 Å². The summed E-state index contributed by atoms with van der Waals surface area (Å²) in [4.78, 5) is 13.3. The molecule has 1 rings (SSSR count). The zero-order valence-electron chi connectivity index (χ0n) is 14.3. The van der Waals surface area contributed by atoms with Crippen molar-refractivity contribution in [3.63, 3.8) is 0 Å². The third-order valence-electron chi connectivity index (χ3n) is 2.17. The Morgan fingerprint density at radius 3 is 2.05 bits per heavy atom. The molecule has 0 aromatic heterocycles. The van der Waals surface area contributed by atoms with E-state index in [4.69, 9.17) is 4.74 Å². The number of amides is 1. The van der Waals surface area contributed by atoms with E-state index < -0.39 is 0 Å². The third kappa shape index (κ3) is 22.5. The van der Waals surface area contributed by atoms with Gasteiger partial charge in [-0.15, -0.1) is 0 Å². The minimum atomic E-state index is 0.750. The van der Waals surface area contributed by atoms with Crippen LogP contribution < -0.4 is 5.32 Å². The number of rotatable bonds is 5. The molecule has 0 unspecified atom stereocenters. The van der Waals surface area contributed by atoms with Crippen LogP contribution in [0.1, 0.15) is 27.7 Å². The number of nitrogens with zero attached hydrogens (tertiary/aromatic N) is 2. The fourth-order valence-electron chi connectivity index (χ4n) is 1.24. The van der Waals surface area contributed by atoms with Crippen LogP contribution >= 0.6 is 0 Å². The van der Waals surface area contributed by atoms with Crippen molar-refractivity contribution in [3.8, 4) is 0 Å². The molecule has 0 spiro atoms. The Morgan fingerprint density at radius 2 is 1.70 bits per heavy atom. The van der Waals surface area contributed by atoms with Gasteiger partial charge in [0.2, 0.25) is 6.41 Å². The number of nitrogens with one attached hydrogen (secondary N) is 1. The zero-order chi connectivity index (χ0) is 15.8. The van der Waals surface area contributed by atoms with Gasteiger partial charge in [-0.25, -0.2) is 0 Å². The Bertz CT molecular complexity index is 191. The maximum atomic E-state index is 9.43. The van der Waals surface area contributed by atoms with Gasteiger partial charge in [0.25, 0.3) is 0 Å². The third-order valence-corrected chi connectivity index (χ3v) is 2.17. The molecule has 1 fully saturated rings. The number of hydrogen-bond acceptors (Lipinski definition) is 4. The van der Waals surface area contributed by atoms with E-state index in [0.29, 0.717) is 0 Å². The summed E-state index contributed by atoms with van der Waals surface area (Å²) in [5, 5.41) is 3.31. The lowest BCUT2D eigenvalue weighted by atomic mass is 10.3. The maximum Gasteiger partial charge on any atom is 0.209 e. The van der Waals surface area contributed by atoms with Crippen molar-refractivity contribution >= 4 is 6.41 Å². The smallest absolute Gasteiger partial charge is 0.209 e. The van der Waals surface area contributed by atoms with Gasteiger partial charge in [-0.05, 0) is 12.5 Å². The average molecular weight is 289 g/mol. The van der Waals surface area contributed by atoms with E-state index in [1.165, 1.54) is 4.90 Å². The molecule has 1 amide bonds. The molecule has 5 nitrogen and oxygen atoms in total. The van der Waals surface area contributed by atoms with E-state index in [2.05, 4.69) is 37.9 Å². The van der Waals surface area contributed by atoms with Crippen molar-refractivity contribution in [3.05, 3.63) is 0 Å². The zero-order valence-corrected chi connectivity index (χ0v) is 14.3. The first-order chi connectivity index (χ1) is 9.43. The standard InChI is InChI=1S/C8H18N2O.C4H10.C3H7NO/c1-2-9-3-4-10-5-7-11-8-6-10;1-4(2)3;1-4(2)3-5/h9H,2-8H2,1H3;4H,1-3H3;3H,1-2H3. The van der Waals surface area contributed by atoms with Crippen LogP contribution in [0.2, 0.25) is 0 Å².